The Morgan fingerprint density at radius 2 is 1.93 bits per heavy atom. The number of carbonyl (C=O) groups excluding carboxylic acids is 2. The van der Waals surface area contributed by atoms with Gasteiger partial charge in [-0.3, -0.25) is 9.59 Å². The number of fused-ring (bicyclic) bond motifs is 1. The van der Waals surface area contributed by atoms with Crippen LogP contribution in [0.2, 0.25) is 0 Å². The average Bonchev–Trinajstić information content (AvgIpc) is 3.05. The Hall–Kier alpha value is -3.61. The van der Waals surface area contributed by atoms with Crippen molar-refractivity contribution < 1.29 is 31.1 Å². The third-order valence-electron chi connectivity index (χ3n) is 4.04. The van der Waals surface area contributed by atoms with Gasteiger partial charge in [-0.05, 0) is 24.1 Å². The van der Waals surface area contributed by atoms with Crippen LogP contribution in [0.1, 0.15) is 35.3 Å². The molecule has 7 nitrogen and oxygen atoms in total. The minimum Gasteiger partial charge on any atom is -0.481 e. The fraction of sp³-hybridized carbons (Fsp3) is 0.190. The average molecular weight is 385 g/mol. The number of amides is 1. The van der Waals surface area contributed by atoms with Gasteiger partial charge in [0.1, 0.15) is 5.75 Å². The van der Waals surface area contributed by atoms with E-state index in [2.05, 4.69) is 0 Å². The largest absolute Gasteiger partial charge is 0.481 e. The van der Waals surface area contributed by atoms with Crippen molar-refractivity contribution in [2.24, 2.45) is 5.73 Å². The van der Waals surface area contributed by atoms with Crippen LogP contribution in [0.15, 0.2) is 48.5 Å². The minimum absolute atomic E-state index is 0.0376. The molecule has 28 heavy (non-hydrogen) atoms. The highest BCUT2D eigenvalue weighted by molar-refractivity contribution is 6.45. The van der Waals surface area contributed by atoms with Crippen LogP contribution in [-0.4, -0.2) is 33.9 Å². The topological polar surface area (TPSA) is 112 Å². The molecule has 0 fully saturated rings. The summed E-state index contributed by atoms with van der Waals surface area (Å²) in [5, 5.41) is 8.90. The number of hydrogen-bond donors (Lipinski definition) is 2. The van der Waals surface area contributed by atoms with Crippen LogP contribution in [0, 0.1) is 0 Å². The Kier molecular flexibility index (Phi) is 3.85. The molecule has 0 aliphatic heterocycles. The molecular formula is C21H20N2O5. The monoisotopic (exact) mass is 385 g/mol. The van der Waals surface area contributed by atoms with E-state index in [1.807, 2.05) is 0 Å². The molecule has 1 heterocycles. The van der Waals surface area contributed by atoms with E-state index in [9.17, 15) is 14.4 Å². The lowest BCUT2D eigenvalue weighted by Crippen LogP contribution is -2.24. The molecule has 3 rings (SSSR count). The van der Waals surface area contributed by atoms with Gasteiger partial charge in [-0.15, -0.1) is 0 Å². The Morgan fingerprint density at radius 1 is 1.18 bits per heavy atom. The molecule has 0 bridgehead atoms. The molecule has 0 atom stereocenters. The van der Waals surface area contributed by atoms with E-state index in [0.29, 0.717) is 0 Å². The van der Waals surface area contributed by atoms with E-state index in [1.54, 1.807) is 18.2 Å². The van der Waals surface area contributed by atoms with Gasteiger partial charge in [0, 0.05) is 16.3 Å². The summed E-state index contributed by atoms with van der Waals surface area (Å²) in [5.74, 6) is -4.06. The lowest BCUT2D eigenvalue weighted by Gasteiger charge is -2.11. The SMILES string of the molecule is [2H]C([2H])([2H])Cc1c(C(=O)C(N)=O)c2c(OCC(=O)O)cccc2n1C([2H])([2H])c1ccccc1. The maximum absolute atomic E-state index is 12.9. The summed E-state index contributed by atoms with van der Waals surface area (Å²) in [6.07, 6.45) is -0.763. The summed E-state index contributed by atoms with van der Waals surface area (Å²) in [5.41, 5.74) is 4.70. The summed E-state index contributed by atoms with van der Waals surface area (Å²) in [6, 6.07) is 12.1. The number of primary amides is 1. The standard InChI is InChI=1S/C21H20N2O5/c1-2-14-19(20(26)21(22)27)18-15(9-6-10-16(18)28-12-17(24)25)23(14)11-13-7-4-3-5-8-13/h3-10H,2,11-12H2,1H3,(H2,22,27)(H,24,25)/i1D3,11D2. The number of nitrogens with zero attached hydrogens (tertiary/aromatic N) is 1. The van der Waals surface area contributed by atoms with Gasteiger partial charge in [0.25, 0.3) is 11.7 Å². The van der Waals surface area contributed by atoms with Crippen LogP contribution in [-0.2, 0) is 22.5 Å². The zero-order valence-corrected chi connectivity index (χ0v) is 14.6. The van der Waals surface area contributed by atoms with Crippen LogP contribution >= 0.6 is 0 Å². The van der Waals surface area contributed by atoms with Crippen LogP contribution < -0.4 is 10.5 Å². The molecule has 0 aliphatic rings. The van der Waals surface area contributed by atoms with Crippen molar-refractivity contribution in [3.63, 3.8) is 0 Å². The number of rotatable bonds is 8. The van der Waals surface area contributed by atoms with E-state index >= 15 is 0 Å². The fourth-order valence-electron chi connectivity index (χ4n) is 2.92. The lowest BCUT2D eigenvalue weighted by molar-refractivity contribution is -0.139. The Balaban J connectivity index is 2.48. The number of carbonyl (C=O) groups is 3. The number of carboxylic acids is 1. The number of carboxylic acid groups (broad SMARTS) is 1. The second kappa shape index (κ2) is 7.96. The molecule has 2 aromatic carbocycles. The third kappa shape index (κ3) is 3.59. The number of Topliss-reactive ketones (excluding diaryl/α,β-unsaturated/α-hetero) is 1. The van der Waals surface area contributed by atoms with Crippen LogP contribution in [0.3, 0.4) is 0 Å². The number of benzene rings is 2. The normalized spacial score (nSPS) is 14.4. The highest BCUT2D eigenvalue weighted by Crippen LogP contribution is 2.35. The summed E-state index contributed by atoms with van der Waals surface area (Å²) in [7, 11) is 0. The Morgan fingerprint density at radius 3 is 2.57 bits per heavy atom. The zero-order valence-electron chi connectivity index (χ0n) is 19.6. The molecule has 0 spiro atoms. The Bertz CT molecular complexity index is 1240. The molecule has 0 radical (unpaired) electrons. The summed E-state index contributed by atoms with van der Waals surface area (Å²) in [4.78, 5) is 35.8. The van der Waals surface area contributed by atoms with E-state index in [0.717, 1.165) is 4.57 Å². The maximum atomic E-state index is 12.9. The molecule has 0 saturated carbocycles. The van der Waals surface area contributed by atoms with Gasteiger partial charge in [-0.1, -0.05) is 43.3 Å². The predicted octanol–water partition coefficient (Wildman–Crippen LogP) is 2.38. The predicted molar refractivity (Wildman–Crippen MR) is 104 cm³/mol. The summed E-state index contributed by atoms with van der Waals surface area (Å²) >= 11 is 0. The van der Waals surface area contributed by atoms with E-state index in [1.165, 1.54) is 30.3 Å². The number of ether oxygens (including phenoxy) is 1. The molecule has 1 aromatic heterocycles. The smallest absolute Gasteiger partial charge is 0.341 e. The maximum Gasteiger partial charge on any atom is 0.341 e. The van der Waals surface area contributed by atoms with Crippen LogP contribution in [0.5, 0.6) is 5.75 Å². The molecular weight excluding hydrogens is 360 g/mol. The van der Waals surface area contributed by atoms with Crippen molar-refractivity contribution in [1.82, 2.24) is 4.57 Å². The van der Waals surface area contributed by atoms with Crippen LogP contribution in [0.4, 0.5) is 0 Å². The van der Waals surface area contributed by atoms with E-state index in [4.69, 9.17) is 22.4 Å². The first-order chi connectivity index (χ1) is 15.3. The minimum atomic E-state index is -2.65. The van der Waals surface area contributed by atoms with Crippen molar-refractivity contribution in [1.29, 1.82) is 0 Å². The second-order valence-electron chi connectivity index (χ2n) is 5.84. The van der Waals surface area contributed by atoms with Gasteiger partial charge in [0.15, 0.2) is 6.61 Å². The molecule has 0 saturated heterocycles. The highest BCUT2D eigenvalue weighted by Gasteiger charge is 2.27. The number of nitrogens with two attached hydrogens (primary N) is 1. The molecule has 3 N–H and O–H groups in total. The summed E-state index contributed by atoms with van der Waals surface area (Å²) < 4.78 is 47.2. The van der Waals surface area contributed by atoms with Gasteiger partial charge < -0.3 is 20.1 Å². The van der Waals surface area contributed by atoms with Gasteiger partial charge >= 0.3 is 5.97 Å². The highest BCUT2D eigenvalue weighted by atomic mass is 16.5. The van der Waals surface area contributed by atoms with E-state index < -0.39 is 49.6 Å². The molecule has 144 valence electrons. The number of hydrogen-bond acceptors (Lipinski definition) is 4. The van der Waals surface area contributed by atoms with Crippen molar-refractivity contribution in [2.75, 3.05) is 6.61 Å². The Labute approximate surface area is 168 Å². The van der Waals surface area contributed by atoms with E-state index in [-0.39, 0.29) is 27.9 Å². The first kappa shape index (κ1) is 13.5. The zero-order chi connectivity index (χ0) is 24.6. The number of ketones is 1. The summed E-state index contributed by atoms with van der Waals surface area (Å²) in [6.45, 7) is -5.79. The quantitative estimate of drug-likeness (QED) is 0.457. The van der Waals surface area contributed by atoms with Gasteiger partial charge in [-0.2, -0.15) is 0 Å². The second-order valence-corrected chi connectivity index (χ2v) is 5.84. The lowest BCUT2D eigenvalue weighted by atomic mass is 10.0. The van der Waals surface area contributed by atoms with Gasteiger partial charge in [-0.25, -0.2) is 4.79 Å². The number of aliphatic carboxylic acids is 1. The molecule has 1 amide bonds. The van der Waals surface area contributed by atoms with Crippen molar-refractivity contribution in [3.05, 3.63) is 65.4 Å². The van der Waals surface area contributed by atoms with Gasteiger partial charge in [0.05, 0.1) is 19.2 Å². The first-order valence-electron chi connectivity index (χ1n) is 10.8. The van der Waals surface area contributed by atoms with Crippen molar-refractivity contribution >= 4 is 28.6 Å². The fourth-order valence-corrected chi connectivity index (χ4v) is 2.92. The molecule has 3 aromatic rings. The molecule has 0 aliphatic carbocycles. The van der Waals surface area contributed by atoms with Crippen molar-refractivity contribution in [2.45, 2.75) is 19.8 Å². The van der Waals surface area contributed by atoms with Gasteiger partial charge in [0.2, 0.25) is 0 Å². The number of aromatic nitrogens is 1. The van der Waals surface area contributed by atoms with Crippen LogP contribution in [0.25, 0.3) is 10.9 Å². The molecule has 7 heteroatoms. The van der Waals surface area contributed by atoms with Crippen molar-refractivity contribution in [3.8, 4) is 5.75 Å². The third-order valence-corrected chi connectivity index (χ3v) is 4.04. The molecule has 0 unspecified atom stereocenters. The first-order valence-corrected chi connectivity index (χ1v) is 8.25.